The van der Waals surface area contributed by atoms with Gasteiger partial charge in [-0.3, -0.25) is 9.59 Å². The highest BCUT2D eigenvalue weighted by atomic mass is 16.4. The van der Waals surface area contributed by atoms with E-state index in [0.29, 0.717) is 11.1 Å². The van der Waals surface area contributed by atoms with Gasteiger partial charge in [-0.15, -0.1) is 0 Å². The smallest absolute Gasteiger partial charge is 0.313 e. The van der Waals surface area contributed by atoms with E-state index >= 15 is 0 Å². The minimum atomic E-state index is -0.926. The van der Waals surface area contributed by atoms with Crippen molar-refractivity contribution in [3.63, 3.8) is 0 Å². The van der Waals surface area contributed by atoms with Crippen LogP contribution in [0.3, 0.4) is 0 Å². The number of aryl methyl sites for hydroxylation is 1. The summed E-state index contributed by atoms with van der Waals surface area (Å²) in [5, 5.41) is 10.9. The van der Waals surface area contributed by atoms with Crippen LogP contribution in [-0.4, -0.2) is 33.5 Å². The van der Waals surface area contributed by atoms with Gasteiger partial charge in [-0.05, 0) is 17.7 Å². The molecule has 1 aliphatic rings. The molecular formula is C20H18N2O3. The third kappa shape index (κ3) is 2.16. The lowest BCUT2D eigenvalue weighted by atomic mass is 9.80. The number of nitrogens with zero attached hydrogens (tertiary/aromatic N) is 2. The van der Waals surface area contributed by atoms with E-state index in [9.17, 15) is 14.7 Å². The molecule has 0 saturated heterocycles. The van der Waals surface area contributed by atoms with E-state index in [-0.39, 0.29) is 5.91 Å². The molecule has 2 atom stereocenters. The predicted molar refractivity (Wildman–Crippen MR) is 94.6 cm³/mol. The standard InChI is InChI=1S/C20H18N2O3/c1-21-11-15(12-7-5-6-10-16(12)21)18-17(20(24)25)13-8-3-4-9-14(13)19(23)22(18)2/h3-11,17-18H,1-2H3,(H,24,25)/t17-,18+/m0/s1. The van der Waals surface area contributed by atoms with Gasteiger partial charge in [-0.2, -0.15) is 0 Å². The molecule has 5 heteroatoms. The van der Waals surface area contributed by atoms with Crippen LogP contribution in [0.5, 0.6) is 0 Å². The molecule has 1 amide bonds. The van der Waals surface area contributed by atoms with Crippen molar-refractivity contribution in [3.05, 3.63) is 71.4 Å². The van der Waals surface area contributed by atoms with Gasteiger partial charge >= 0.3 is 5.97 Å². The zero-order valence-electron chi connectivity index (χ0n) is 14.0. The highest BCUT2D eigenvalue weighted by Crippen LogP contribution is 2.44. The van der Waals surface area contributed by atoms with Crippen LogP contribution < -0.4 is 0 Å². The zero-order valence-corrected chi connectivity index (χ0v) is 14.0. The fourth-order valence-electron chi connectivity index (χ4n) is 3.94. The van der Waals surface area contributed by atoms with E-state index in [4.69, 9.17) is 0 Å². The first-order valence-electron chi connectivity index (χ1n) is 8.13. The molecular weight excluding hydrogens is 316 g/mol. The molecule has 1 aliphatic heterocycles. The molecule has 1 N–H and O–H groups in total. The van der Waals surface area contributed by atoms with E-state index in [0.717, 1.165) is 16.5 Å². The lowest BCUT2D eigenvalue weighted by molar-refractivity contribution is -0.140. The molecule has 3 aromatic rings. The van der Waals surface area contributed by atoms with Gasteiger partial charge < -0.3 is 14.6 Å². The molecule has 2 aromatic carbocycles. The number of likely N-dealkylation sites (N-methyl/N-ethyl adjacent to an activating group) is 1. The first kappa shape index (κ1) is 15.4. The molecule has 0 bridgehead atoms. The van der Waals surface area contributed by atoms with Crippen molar-refractivity contribution in [2.75, 3.05) is 7.05 Å². The van der Waals surface area contributed by atoms with Crippen LogP contribution in [0.25, 0.3) is 10.9 Å². The number of carboxylic acid groups (broad SMARTS) is 1. The lowest BCUT2D eigenvalue weighted by Crippen LogP contribution is -2.42. The van der Waals surface area contributed by atoms with Crippen molar-refractivity contribution >= 4 is 22.8 Å². The SMILES string of the molecule is CN1C(=O)c2ccccc2[C@H](C(=O)O)[C@H]1c1cn(C)c2ccccc12. The molecule has 25 heavy (non-hydrogen) atoms. The molecule has 0 radical (unpaired) electrons. The fraction of sp³-hybridized carbons (Fsp3) is 0.200. The number of hydrogen-bond donors (Lipinski definition) is 1. The summed E-state index contributed by atoms with van der Waals surface area (Å²) in [6.45, 7) is 0. The summed E-state index contributed by atoms with van der Waals surface area (Å²) in [4.78, 5) is 26.5. The summed E-state index contributed by atoms with van der Waals surface area (Å²) >= 11 is 0. The molecule has 0 unspecified atom stereocenters. The second kappa shape index (κ2) is 5.48. The third-order valence-corrected chi connectivity index (χ3v) is 5.09. The molecule has 126 valence electrons. The van der Waals surface area contributed by atoms with Crippen molar-refractivity contribution in [3.8, 4) is 0 Å². The van der Waals surface area contributed by atoms with E-state index < -0.39 is 17.9 Å². The maximum Gasteiger partial charge on any atom is 0.313 e. The number of para-hydroxylation sites is 1. The van der Waals surface area contributed by atoms with Gasteiger partial charge in [-0.25, -0.2) is 0 Å². The van der Waals surface area contributed by atoms with Crippen LogP contribution in [0.1, 0.15) is 33.4 Å². The highest BCUT2D eigenvalue weighted by Gasteiger charge is 2.43. The first-order valence-corrected chi connectivity index (χ1v) is 8.13. The van der Waals surface area contributed by atoms with E-state index in [1.165, 1.54) is 0 Å². The number of aromatic nitrogens is 1. The number of carboxylic acids is 1. The summed E-state index contributed by atoms with van der Waals surface area (Å²) in [6.07, 6.45) is 1.93. The number of aliphatic carboxylic acids is 1. The van der Waals surface area contributed by atoms with Gasteiger partial charge in [-0.1, -0.05) is 36.4 Å². The Hall–Kier alpha value is -3.08. The molecule has 0 fully saturated rings. The molecule has 4 rings (SSSR count). The molecule has 0 spiro atoms. The van der Waals surface area contributed by atoms with Crippen LogP contribution in [0.2, 0.25) is 0 Å². The monoisotopic (exact) mass is 334 g/mol. The van der Waals surface area contributed by atoms with Gasteiger partial charge in [0, 0.05) is 42.3 Å². The van der Waals surface area contributed by atoms with Crippen molar-refractivity contribution in [1.82, 2.24) is 9.47 Å². The predicted octanol–water partition coefficient (Wildman–Crippen LogP) is 3.17. The Morgan fingerprint density at radius 2 is 1.68 bits per heavy atom. The minimum absolute atomic E-state index is 0.147. The second-order valence-corrected chi connectivity index (χ2v) is 6.48. The van der Waals surface area contributed by atoms with Gasteiger partial charge in [0.05, 0.1) is 6.04 Å². The summed E-state index contributed by atoms with van der Waals surface area (Å²) < 4.78 is 1.97. The Kier molecular flexibility index (Phi) is 3.39. The highest BCUT2D eigenvalue weighted by molar-refractivity contribution is 6.01. The summed E-state index contributed by atoms with van der Waals surface area (Å²) in [6, 6.07) is 14.3. The van der Waals surface area contributed by atoms with Gasteiger partial charge in [0.1, 0.15) is 5.92 Å². The molecule has 0 saturated carbocycles. The normalized spacial score (nSPS) is 19.9. The maximum absolute atomic E-state index is 12.8. The number of carbonyl (C=O) groups is 2. The number of amides is 1. The van der Waals surface area contributed by atoms with Crippen LogP contribution in [0.4, 0.5) is 0 Å². The Labute approximate surface area is 145 Å². The van der Waals surface area contributed by atoms with Gasteiger partial charge in [0.25, 0.3) is 5.91 Å². The average Bonchev–Trinajstić information content (AvgIpc) is 2.94. The van der Waals surface area contributed by atoms with Crippen molar-refractivity contribution in [2.24, 2.45) is 7.05 Å². The first-order chi connectivity index (χ1) is 12.0. The summed E-state index contributed by atoms with van der Waals surface area (Å²) in [5.74, 6) is -1.87. The van der Waals surface area contributed by atoms with E-state index in [1.54, 1.807) is 36.2 Å². The van der Waals surface area contributed by atoms with Gasteiger partial charge in [0.15, 0.2) is 0 Å². The van der Waals surface area contributed by atoms with Crippen LogP contribution in [0.15, 0.2) is 54.7 Å². The largest absolute Gasteiger partial charge is 0.481 e. The fourth-order valence-corrected chi connectivity index (χ4v) is 3.94. The zero-order chi connectivity index (χ0) is 17.7. The minimum Gasteiger partial charge on any atom is -0.481 e. The number of carbonyl (C=O) groups excluding carboxylic acids is 1. The number of benzene rings is 2. The molecule has 2 heterocycles. The Morgan fingerprint density at radius 1 is 1.00 bits per heavy atom. The average molecular weight is 334 g/mol. The Bertz CT molecular complexity index is 1010. The molecule has 0 aliphatic carbocycles. The number of hydrogen-bond acceptors (Lipinski definition) is 2. The second-order valence-electron chi connectivity index (χ2n) is 6.48. The number of rotatable bonds is 2. The van der Waals surface area contributed by atoms with Crippen molar-refractivity contribution in [1.29, 1.82) is 0 Å². The van der Waals surface area contributed by atoms with E-state index in [1.807, 2.05) is 42.1 Å². The van der Waals surface area contributed by atoms with Gasteiger partial charge in [0.2, 0.25) is 0 Å². The molecule has 1 aromatic heterocycles. The third-order valence-electron chi connectivity index (χ3n) is 5.09. The van der Waals surface area contributed by atoms with E-state index in [2.05, 4.69) is 0 Å². The molecule has 5 nitrogen and oxygen atoms in total. The number of fused-ring (bicyclic) bond motifs is 2. The summed E-state index contributed by atoms with van der Waals surface area (Å²) in [5.41, 5.74) is 2.92. The quantitative estimate of drug-likeness (QED) is 0.783. The Balaban J connectivity index is 1.99. The topological polar surface area (TPSA) is 62.5 Å². The van der Waals surface area contributed by atoms with Crippen molar-refractivity contribution < 1.29 is 14.7 Å². The Morgan fingerprint density at radius 3 is 2.44 bits per heavy atom. The lowest BCUT2D eigenvalue weighted by Gasteiger charge is -2.38. The summed E-state index contributed by atoms with van der Waals surface area (Å²) in [7, 11) is 3.61. The van der Waals surface area contributed by atoms with Crippen LogP contribution in [-0.2, 0) is 11.8 Å². The maximum atomic E-state index is 12.8. The van der Waals surface area contributed by atoms with Crippen LogP contribution >= 0.6 is 0 Å². The van der Waals surface area contributed by atoms with Crippen molar-refractivity contribution in [2.45, 2.75) is 12.0 Å². The van der Waals surface area contributed by atoms with Crippen LogP contribution in [0, 0.1) is 0 Å².